The summed E-state index contributed by atoms with van der Waals surface area (Å²) in [5.74, 6) is -0.466. The predicted molar refractivity (Wildman–Crippen MR) is 67.5 cm³/mol. The van der Waals surface area contributed by atoms with Gasteiger partial charge in [0.2, 0.25) is 0 Å². The zero-order chi connectivity index (χ0) is 17.6. The van der Waals surface area contributed by atoms with Gasteiger partial charge < -0.3 is 15.2 Å². The van der Waals surface area contributed by atoms with E-state index in [0.717, 1.165) is 20.3 Å². The van der Waals surface area contributed by atoms with Gasteiger partial charge in [-0.3, -0.25) is 4.68 Å². The van der Waals surface area contributed by atoms with Gasteiger partial charge in [-0.2, -0.15) is 18.3 Å². The van der Waals surface area contributed by atoms with E-state index in [1.807, 2.05) is 0 Å². The number of methoxy groups -OCH3 is 2. The number of rotatable bonds is 3. The Morgan fingerprint density at radius 3 is 2.60 bits per heavy atom. The summed E-state index contributed by atoms with van der Waals surface area (Å²) >= 11 is 0. The number of halogens is 3. The topological polar surface area (TPSA) is 62.3 Å². The number of nitrogens with two attached hydrogens (primary N) is 1. The number of aryl methyl sites for hydroxylation is 1. The van der Waals surface area contributed by atoms with Gasteiger partial charge in [0.15, 0.2) is 11.9 Å². The molecule has 20 heavy (non-hydrogen) atoms. The van der Waals surface area contributed by atoms with E-state index in [4.69, 9.17) is 14.6 Å². The Kier molecular flexibility index (Phi) is 2.62. The standard InChI is InChI=1S/C12H14F3N3O2/c1-18-7-5-4-6(10(20-3)12(13,14)15)9(19-2)8(7)11(16)17-18/h4-5,10H,1-3H3,(H2,16,17)/t10-/m0/s1/i1D3. The maximum atomic E-state index is 13.1. The summed E-state index contributed by atoms with van der Waals surface area (Å²) in [6, 6.07) is 2.28. The van der Waals surface area contributed by atoms with E-state index in [1.54, 1.807) is 0 Å². The molecule has 0 amide bonds. The number of benzene rings is 1. The molecule has 2 aromatic rings. The SMILES string of the molecule is [2H]C([2H])([2H])n1nc(N)c2c(OC)c([C@H](OC)C(F)(F)F)ccc21. The molecule has 0 saturated heterocycles. The van der Waals surface area contributed by atoms with Crippen LogP contribution in [0.15, 0.2) is 12.1 Å². The number of nitrogens with zero attached hydrogens (tertiary/aromatic N) is 2. The maximum Gasteiger partial charge on any atom is 0.418 e. The fraction of sp³-hybridized carbons (Fsp3) is 0.417. The first-order chi connectivity index (χ1) is 10.5. The van der Waals surface area contributed by atoms with Crippen LogP contribution in [0.1, 0.15) is 15.8 Å². The highest BCUT2D eigenvalue weighted by Crippen LogP contribution is 2.43. The van der Waals surface area contributed by atoms with Crippen LogP contribution in [0.25, 0.3) is 10.9 Å². The van der Waals surface area contributed by atoms with Crippen molar-refractivity contribution in [3.8, 4) is 5.75 Å². The lowest BCUT2D eigenvalue weighted by Gasteiger charge is -2.21. The third-order valence-electron chi connectivity index (χ3n) is 2.88. The van der Waals surface area contributed by atoms with Crippen molar-refractivity contribution in [3.05, 3.63) is 17.7 Å². The minimum absolute atomic E-state index is 0.00701. The Morgan fingerprint density at radius 1 is 1.40 bits per heavy atom. The Bertz CT molecular complexity index is 728. The monoisotopic (exact) mass is 292 g/mol. The first kappa shape index (κ1) is 10.8. The van der Waals surface area contributed by atoms with Crippen LogP contribution in [0, 0.1) is 0 Å². The Hall–Kier alpha value is -1.96. The summed E-state index contributed by atoms with van der Waals surface area (Å²) in [5.41, 5.74) is 5.41. The Labute approximate surface area is 117 Å². The van der Waals surface area contributed by atoms with E-state index in [-0.39, 0.29) is 28.0 Å². The number of anilines is 1. The van der Waals surface area contributed by atoms with Gasteiger partial charge in [-0.1, -0.05) is 6.07 Å². The van der Waals surface area contributed by atoms with E-state index in [0.29, 0.717) is 4.68 Å². The van der Waals surface area contributed by atoms with E-state index < -0.39 is 19.3 Å². The molecule has 2 N–H and O–H groups in total. The van der Waals surface area contributed by atoms with Crippen molar-refractivity contribution in [1.82, 2.24) is 9.78 Å². The molecule has 0 aliphatic carbocycles. The average Bonchev–Trinajstić information content (AvgIpc) is 2.75. The van der Waals surface area contributed by atoms with E-state index >= 15 is 0 Å². The van der Waals surface area contributed by atoms with Crippen LogP contribution in [0.2, 0.25) is 0 Å². The van der Waals surface area contributed by atoms with Gasteiger partial charge in [0, 0.05) is 23.8 Å². The minimum Gasteiger partial charge on any atom is -0.496 e. The quantitative estimate of drug-likeness (QED) is 0.943. The third-order valence-corrected chi connectivity index (χ3v) is 2.88. The molecule has 0 bridgehead atoms. The first-order valence-corrected chi connectivity index (χ1v) is 5.47. The van der Waals surface area contributed by atoms with Gasteiger partial charge in [-0.05, 0) is 6.07 Å². The smallest absolute Gasteiger partial charge is 0.418 e. The van der Waals surface area contributed by atoms with Crippen LogP contribution in [0.3, 0.4) is 0 Å². The molecule has 0 fully saturated rings. The average molecular weight is 292 g/mol. The number of ether oxygens (including phenoxy) is 2. The number of hydrogen-bond donors (Lipinski definition) is 1. The van der Waals surface area contributed by atoms with Crippen LogP contribution in [0.4, 0.5) is 19.0 Å². The molecule has 1 atom stereocenters. The molecule has 0 unspecified atom stereocenters. The highest BCUT2D eigenvalue weighted by molar-refractivity contribution is 5.95. The summed E-state index contributed by atoms with van der Waals surface area (Å²) < 4.78 is 71.7. The number of aromatic nitrogens is 2. The van der Waals surface area contributed by atoms with Crippen LogP contribution in [-0.4, -0.2) is 30.2 Å². The van der Waals surface area contributed by atoms with Crippen molar-refractivity contribution in [2.75, 3.05) is 20.0 Å². The van der Waals surface area contributed by atoms with Gasteiger partial charge in [0.05, 0.1) is 18.0 Å². The highest BCUT2D eigenvalue weighted by atomic mass is 19.4. The molecule has 5 nitrogen and oxygen atoms in total. The van der Waals surface area contributed by atoms with Crippen LogP contribution in [0.5, 0.6) is 5.75 Å². The lowest BCUT2D eigenvalue weighted by Crippen LogP contribution is -2.23. The van der Waals surface area contributed by atoms with Crippen molar-refractivity contribution in [1.29, 1.82) is 0 Å². The third kappa shape index (κ3) is 2.15. The summed E-state index contributed by atoms with van der Waals surface area (Å²) in [5, 5.41) is 3.68. The van der Waals surface area contributed by atoms with Crippen molar-refractivity contribution in [3.63, 3.8) is 0 Å². The lowest BCUT2D eigenvalue weighted by molar-refractivity contribution is -0.216. The zero-order valence-electron chi connectivity index (χ0n) is 13.7. The fourth-order valence-electron chi connectivity index (χ4n) is 2.09. The Balaban J connectivity index is 2.79. The molecule has 0 saturated carbocycles. The van der Waals surface area contributed by atoms with Crippen molar-refractivity contribution < 1.29 is 26.8 Å². The van der Waals surface area contributed by atoms with Gasteiger partial charge >= 0.3 is 6.18 Å². The number of alkyl halides is 3. The van der Waals surface area contributed by atoms with Gasteiger partial charge in [-0.25, -0.2) is 0 Å². The van der Waals surface area contributed by atoms with Crippen molar-refractivity contribution in [2.24, 2.45) is 6.98 Å². The van der Waals surface area contributed by atoms with Gasteiger partial charge in [0.25, 0.3) is 0 Å². The van der Waals surface area contributed by atoms with Crippen LogP contribution in [-0.2, 0) is 11.7 Å². The molecular weight excluding hydrogens is 275 g/mol. The molecule has 1 aromatic carbocycles. The van der Waals surface area contributed by atoms with Crippen LogP contribution >= 0.6 is 0 Å². The van der Waals surface area contributed by atoms with Crippen LogP contribution < -0.4 is 10.5 Å². The zero-order valence-corrected chi connectivity index (χ0v) is 10.7. The second-order valence-electron chi connectivity index (χ2n) is 4.04. The largest absolute Gasteiger partial charge is 0.496 e. The van der Waals surface area contributed by atoms with E-state index in [1.165, 1.54) is 6.07 Å². The number of hydrogen-bond acceptors (Lipinski definition) is 4. The van der Waals surface area contributed by atoms with Crippen molar-refractivity contribution >= 4 is 16.7 Å². The number of nitrogen functional groups attached to an aromatic ring is 1. The van der Waals surface area contributed by atoms with Gasteiger partial charge in [0.1, 0.15) is 5.75 Å². The predicted octanol–water partition coefficient (Wildman–Crippen LogP) is 2.41. The van der Waals surface area contributed by atoms with Crippen molar-refractivity contribution in [2.45, 2.75) is 12.3 Å². The second-order valence-corrected chi connectivity index (χ2v) is 4.04. The summed E-state index contributed by atoms with van der Waals surface area (Å²) in [4.78, 5) is 0. The fourth-order valence-corrected chi connectivity index (χ4v) is 2.09. The summed E-state index contributed by atoms with van der Waals surface area (Å²) in [6.45, 7) is -2.63. The molecule has 0 radical (unpaired) electrons. The van der Waals surface area contributed by atoms with Gasteiger partial charge in [-0.15, -0.1) is 0 Å². The molecule has 110 valence electrons. The molecule has 0 aliphatic rings. The Morgan fingerprint density at radius 2 is 2.10 bits per heavy atom. The molecule has 1 heterocycles. The molecule has 0 aliphatic heterocycles. The first-order valence-electron chi connectivity index (χ1n) is 6.97. The maximum absolute atomic E-state index is 13.1. The molecule has 0 spiro atoms. The molecule has 8 heteroatoms. The summed E-state index contributed by atoms with van der Waals surface area (Å²) in [6.07, 6.45) is -6.91. The highest BCUT2D eigenvalue weighted by Gasteiger charge is 2.43. The summed E-state index contributed by atoms with van der Waals surface area (Å²) in [7, 11) is 2.07. The minimum atomic E-state index is -4.68. The van der Waals surface area contributed by atoms with E-state index in [2.05, 4.69) is 9.84 Å². The number of fused-ring (bicyclic) bond motifs is 1. The molecule has 2 rings (SSSR count). The molecule has 1 aromatic heterocycles. The molecular formula is C12H14F3N3O2. The lowest BCUT2D eigenvalue weighted by atomic mass is 10.0. The normalized spacial score (nSPS) is 16.6. The second kappa shape index (κ2) is 4.86. The van der Waals surface area contributed by atoms with E-state index in [9.17, 15) is 13.2 Å².